The molecule has 0 bridgehead atoms. The normalized spacial score (nSPS) is 6.36. The van der Waals surface area contributed by atoms with Gasteiger partial charge in [-0.2, -0.15) is 0 Å². The van der Waals surface area contributed by atoms with Gasteiger partial charge in [-0.15, -0.1) is 5.92 Å². The lowest BCUT2D eigenvalue weighted by molar-refractivity contribution is 0.102. The Kier molecular flexibility index (Phi) is 5.56. The van der Waals surface area contributed by atoms with Crippen molar-refractivity contribution in [3.63, 3.8) is 0 Å². The summed E-state index contributed by atoms with van der Waals surface area (Å²) in [5, 5.41) is 0. The van der Waals surface area contributed by atoms with Gasteiger partial charge in [0, 0.05) is 6.92 Å². The molecular formula is C8H8O3. The van der Waals surface area contributed by atoms with Crippen LogP contribution < -0.4 is 0 Å². The molecule has 0 unspecified atom stereocenters. The molecule has 0 aromatic heterocycles. The zero-order valence-electron chi connectivity index (χ0n) is 6.43. The molecule has 0 saturated carbocycles. The summed E-state index contributed by atoms with van der Waals surface area (Å²) in [7, 11) is 0. The number of hydrogen-bond donors (Lipinski definition) is 0. The lowest BCUT2D eigenvalue weighted by Crippen LogP contribution is -2.03. The molecule has 3 nitrogen and oxygen atoms in total. The van der Waals surface area contributed by atoms with Crippen LogP contribution in [0.1, 0.15) is 13.8 Å². The number of carbonyl (C=O) groups is 1. The third kappa shape index (κ3) is 6.27. The minimum Gasteiger partial charge on any atom is -0.420 e. The SMILES string of the molecule is CC#CCOC(=O)OC#CC. The average molecular weight is 152 g/mol. The summed E-state index contributed by atoms with van der Waals surface area (Å²) in [6.07, 6.45) is 1.28. The van der Waals surface area contributed by atoms with E-state index >= 15 is 0 Å². The van der Waals surface area contributed by atoms with Crippen LogP contribution in [0.2, 0.25) is 0 Å². The Bertz CT molecular complexity index is 234. The fourth-order valence-electron chi connectivity index (χ4n) is 0.289. The molecule has 0 aromatic carbocycles. The monoisotopic (exact) mass is 152 g/mol. The number of rotatable bonds is 1. The molecule has 58 valence electrons. The highest BCUT2D eigenvalue weighted by atomic mass is 16.7. The van der Waals surface area contributed by atoms with Crippen molar-refractivity contribution in [1.29, 1.82) is 0 Å². The number of carbonyl (C=O) groups excluding carboxylic acids is 1. The third-order valence-corrected chi connectivity index (χ3v) is 0.675. The first-order chi connectivity index (χ1) is 5.31. The van der Waals surface area contributed by atoms with Crippen LogP contribution >= 0.6 is 0 Å². The van der Waals surface area contributed by atoms with Crippen molar-refractivity contribution < 1.29 is 14.3 Å². The van der Waals surface area contributed by atoms with Gasteiger partial charge in [-0.1, -0.05) is 11.8 Å². The highest BCUT2D eigenvalue weighted by Crippen LogP contribution is 1.81. The van der Waals surface area contributed by atoms with Crippen molar-refractivity contribution in [2.75, 3.05) is 6.61 Å². The minimum atomic E-state index is -0.817. The molecule has 0 aliphatic heterocycles. The van der Waals surface area contributed by atoms with Crippen LogP contribution in [0.3, 0.4) is 0 Å². The fraction of sp³-hybridized carbons (Fsp3) is 0.375. The first-order valence-corrected chi connectivity index (χ1v) is 2.96. The van der Waals surface area contributed by atoms with Gasteiger partial charge in [-0.05, 0) is 6.92 Å². The maximum Gasteiger partial charge on any atom is 0.523 e. The molecule has 0 atom stereocenters. The molecular weight excluding hydrogens is 144 g/mol. The first kappa shape index (κ1) is 9.39. The number of hydrogen-bond acceptors (Lipinski definition) is 3. The first-order valence-electron chi connectivity index (χ1n) is 2.96. The number of ether oxygens (including phenoxy) is 2. The van der Waals surface area contributed by atoms with E-state index in [0.29, 0.717) is 0 Å². The van der Waals surface area contributed by atoms with Crippen LogP contribution in [0.15, 0.2) is 0 Å². The highest BCUT2D eigenvalue weighted by Gasteiger charge is 1.97. The Morgan fingerprint density at radius 1 is 1.36 bits per heavy atom. The van der Waals surface area contributed by atoms with Crippen LogP contribution in [-0.2, 0) is 9.47 Å². The molecule has 0 aromatic rings. The second kappa shape index (κ2) is 6.51. The molecule has 0 fully saturated rings. The van der Waals surface area contributed by atoms with Gasteiger partial charge in [-0.3, -0.25) is 0 Å². The predicted octanol–water partition coefficient (Wildman–Crippen LogP) is 1.14. The Morgan fingerprint density at radius 3 is 2.64 bits per heavy atom. The topological polar surface area (TPSA) is 35.5 Å². The summed E-state index contributed by atoms with van der Waals surface area (Å²) in [5.74, 6) is 7.47. The van der Waals surface area contributed by atoms with E-state index in [1.807, 2.05) is 0 Å². The summed E-state index contributed by atoms with van der Waals surface area (Å²) in [4.78, 5) is 10.5. The standard InChI is InChI=1S/C8H8O3/c1-3-5-7-11-8(9)10-6-4-2/h7H2,1-2H3. The largest absolute Gasteiger partial charge is 0.523 e. The van der Waals surface area contributed by atoms with Gasteiger partial charge < -0.3 is 9.47 Å². The van der Waals surface area contributed by atoms with Crippen molar-refractivity contribution in [3.05, 3.63) is 0 Å². The molecule has 0 rings (SSSR count). The van der Waals surface area contributed by atoms with E-state index in [9.17, 15) is 4.79 Å². The molecule has 0 spiro atoms. The van der Waals surface area contributed by atoms with Gasteiger partial charge >= 0.3 is 6.16 Å². The molecule has 0 radical (unpaired) electrons. The van der Waals surface area contributed by atoms with Gasteiger partial charge in [0.2, 0.25) is 0 Å². The maximum absolute atomic E-state index is 10.5. The van der Waals surface area contributed by atoms with E-state index < -0.39 is 6.16 Å². The Hall–Kier alpha value is -1.61. The van der Waals surface area contributed by atoms with Crippen molar-refractivity contribution in [2.24, 2.45) is 0 Å². The molecule has 0 N–H and O–H groups in total. The van der Waals surface area contributed by atoms with Crippen molar-refractivity contribution in [1.82, 2.24) is 0 Å². The summed E-state index contributed by atoms with van der Waals surface area (Å²) < 4.78 is 8.69. The molecule has 0 aliphatic carbocycles. The van der Waals surface area contributed by atoms with Crippen LogP contribution in [0.25, 0.3) is 0 Å². The zero-order valence-corrected chi connectivity index (χ0v) is 6.43. The highest BCUT2D eigenvalue weighted by molar-refractivity contribution is 5.61. The van der Waals surface area contributed by atoms with Crippen molar-refractivity contribution in [2.45, 2.75) is 13.8 Å². The summed E-state index contributed by atoms with van der Waals surface area (Å²) in [6, 6.07) is 0. The van der Waals surface area contributed by atoms with Gasteiger partial charge in [0.1, 0.15) is 6.11 Å². The molecule has 0 saturated heterocycles. The lowest BCUT2D eigenvalue weighted by atomic mass is 10.6. The van der Waals surface area contributed by atoms with Crippen molar-refractivity contribution in [3.8, 4) is 23.9 Å². The van der Waals surface area contributed by atoms with E-state index in [1.54, 1.807) is 13.8 Å². The van der Waals surface area contributed by atoms with Crippen LogP contribution in [0.5, 0.6) is 0 Å². The summed E-state index contributed by atoms with van der Waals surface area (Å²) in [6.45, 7) is 3.25. The summed E-state index contributed by atoms with van der Waals surface area (Å²) >= 11 is 0. The Balaban J connectivity index is 3.48. The zero-order chi connectivity index (χ0) is 8.53. The average Bonchev–Trinajstić information content (AvgIpc) is 2.01. The predicted molar refractivity (Wildman–Crippen MR) is 39.3 cm³/mol. The van der Waals surface area contributed by atoms with E-state index in [-0.39, 0.29) is 6.61 Å². The van der Waals surface area contributed by atoms with E-state index in [0.717, 1.165) is 0 Å². The molecule has 0 amide bonds. The fourth-order valence-corrected chi connectivity index (χ4v) is 0.289. The molecule has 0 heterocycles. The Morgan fingerprint density at radius 2 is 2.09 bits per heavy atom. The third-order valence-electron chi connectivity index (χ3n) is 0.675. The molecule has 3 heteroatoms. The van der Waals surface area contributed by atoms with E-state index in [1.165, 1.54) is 0 Å². The van der Waals surface area contributed by atoms with Crippen LogP contribution in [-0.4, -0.2) is 12.8 Å². The van der Waals surface area contributed by atoms with Gasteiger partial charge in [0.05, 0.1) is 0 Å². The van der Waals surface area contributed by atoms with Gasteiger partial charge in [-0.25, -0.2) is 4.79 Å². The smallest absolute Gasteiger partial charge is 0.420 e. The molecule has 11 heavy (non-hydrogen) atoms. The molecule has 0 aliphatic rings. The summed E-state index contributed by atoms with van der Waals surface area (Å²) in [5.41, 5.74) is 0. The van der Waals surface area contributed by atoms with Gasteiger partial charge in [0.25, 0.3) is 0 Å². The second-order valence-corrected chi connectivity index (χ2v) is 1.42. The van der Waals surface area contributed by atoms with Crippen LogP contribution in [0, 0.1) is 23.9 Å². The van der Waals surface area contributed by atoms with Crippen LogP contribution in [0.4, 0.5) is 4.79 Å². The second-order valence-electron chi connectivity index (χ2n) is 1.42. The van der Waals surface area contributed by atoms with E-state index in [2.05, 4.69) is 33.3 Å². The minimum absolute atomic E-state index is 0.0424. The van der Waals surface area contributed by atoms with E-state index in [4.69, 9.17) is 0 Å². The maximum atomic E-state index is 10.5. The van der Waals surface area contributed by atoms with Gasteiger partial charge in [0.15, 0.2) is 6.61 Å². The van der Waals surface area contributed by atoms with Crippen molar-refractivity contribution >= 4 is 6.16 Å². The quantitative estimate of drug-likeness (QED) is 0.417. The Labute approximate surface area is 65.7 Å². The lowest BCUT2D eigenvalue weighted by Gasteiger charge is -1.93.